The van der Waals surface area contributed by atoms with Crippen molar-refractivity contribution >= 4 is 16.7 Å². The van der Waals surface area contributed by atoms with Gasteiger partial charge in [-0.2, -0.15) is 5.26 Å². The van der Waals surface area contributed by atoms with E-state index in [0.717, 1.165) is 33.6 Å². The van der Waals surface area contributed by atoms with Crippen LogP contribution in [0.25, 0.3) is 28.0 Å². The van der Waals surface area contributed by atoms with Gasteiger partial charge in [0.25, 0.3) is 0 Å². The fourth-order valence-corrected chi connectivity index (χ4v) is 3.52. The molecule has 0 radical (unpaired) electrons. The summed E-state index contributed by atoms with van der Waals surface area (Å²) in [5.41, 5.74) is 4.11. The number of fused-ring (bicyclic) bond motifs is 1. The van der Waals surface area contributed by atoms with Crippen LogP contribution < -0.4 is 4.74 Å². The first-order valence-corrected chi connectivity index (χ1v) is 10.1. The highest BCUT2D eigenvalue weighted by Crippen LogP contribution is 2.31. The lowest BCUT2D eigenvalue weighted by Gasteiger charge is -2.37. The van der Waals surface area contributed by atoms with Gasteiger partial charge in [0.2, 0.25) is 5.88 Å². The molecule has 0 aliphatic carbocycles. The van der Waals surface area contributed by atoms with Gasteiger partial charge >= 0.3 is 0 Å². The van der Waals surface area contributed by atoms with E-state index in [0.29, 0.717) is 12.4 Å². The number of allylic oxidation sites excluding steroid dienone is 2. The van der Waals surface area contributed by atoms with Gasteiger partial charge in [-0.25, -0.2) is 9.97 Å². The maximum Gasteiger partial charge on any atom is 0.213 e. The second-order valence-corrected chi connectivity index (χ2v) is 8.16. The summed E-state index contributed by atoms with van der Waals surface area (Å²) >= 11 is 0. The molecule has 0 fully saturated rings. The van der Waals surface area contributed by atoms with Gasteiger partial charge in [0.05, 0.1) is 12.2 Å². The molecule has 0 spiro atoms. The summed E-state index contributed by atoms with van der Waals surface area (Å²) in [5, 5.41) is 10.6. The van der Waals surface area contributed by atoms with Crippen molar-refractivity contribution in [2.24, 2.45) is 0 Å². The Bertz CT molecular complexity index is 1160. The Morgan fingerprint density at radius 1 is 1.17 bits per heavy atom. The molecule has 6 heteroatoms. The van der Waals surface area contributed by atoms with Crippen LogP contribution in [-0.2, 0) is 0 Å². The number of hydrogen-bond donors (Lipinski definition) is 1. The molecule has 1 aliphatic rings. The average molecular weight is 399 g/mol. The summed E-state index contributed by atoms with van der Waals surface area (Å²) in [4.78, 5) is 14.5. The maximum atomic E-state index is 9.60. The van der Waals surface area contributed by atoms with Crippen molar-refractivity contribution in [3.8, 4) is 23.2 Å². The largest absolute Gasteiger partial charge is 0.475 e. The second-order valence-electron chi connectivity index (χ2n) is 8.16. The van der Waals surface area contributed by atoms with Crippen molar-refractivity contribution in [3.63, 3.8) is 0 Å². The van der Waals surface area contributed by atoms with Crippen LogP contribution in [0.2, 0.25) is 0 Å². The molecule has 30 heavy (non-hydrogen) atoms. The number of ether oxygens (including phenoxy) is 1. The topological polar surface area (TPSA) is 77.8 Å². The van der Waals surface area contributed by atoms with Crippen LogP contribution in [0, 0.1) is 11.3 Å². The molecule has 0 unspecified atom stereocenters. The van der Waals surface area contributed by atoms with Gasteiger partial charge in [-0.3, -0.25) is 0 Å². The average Bonchev–Trinajstić information content (AvgIpc) is 3.17. The first-order valence-electron chi connectivity index (χ1n) is 10.1. The summed E-state index contributed by atoms with van der Waals surface area (Å²) in [6.07, 6.45) is 9.87. The number of nitrogens with one attached hydrogen (secondary N) is 1. The summed E-state index contributed by atoms with van der Waals surface area (Å²) in [6, 6.07) is 10.4. The maximum absolute atomic E-state index is 9.60. The minimum Gasteiger partial charge on any atom is -0.475 e. The van der Waals surface area contributed by atoms with E-state index < -0.39 is 5.54 Å². The number of pyridine rings is 2. The Morgan fingerprint density at radius 2 is 1.97 bits per heavy atom. The summed E-state index contributed by atoms with van der Waals surface area (Å²) in [5.74, 6) is 0.614. The first kappa shape index (κ1) is 19.7. The predicted molar refractivity (Wildman–Crippen MR) is 119 cm³/mol. The highest BCUT2D eigenvalue weighted by Gasteiger charge is 2.29. The molecule has 0 aromatic carbocycles. The standard InChI is InChI=1S/C24H25N5O/c1-16(2)30-22-9-8-17(13-26-22)20-12-18-11-19(14-27-23(18)28-20)21-7-5-6-10-29(21)24(3,4)15-25/h5-9,11-14,16H,10H2,1-4H3,(H,27,28). The van der Waals surface area contributed by atoms with E-state index >= 15 is 0 Å². The molecule has 3 aromatic heterocycles. The summed E-state index contributed by atoms with van der Waals surface area (Å²) < 4.78 is 5.62. The molecule has 4 heterocycles. The Morgan fingerprint density at radius 3 is 2.67 bits per heavy atom. The minimum atomic E-state index is -0.611. The van der Waals surface area contributed by atoms with Crippen LogP contribution in [0.3, 0.4) is 0 Å². The Kier molecular flexibility index (Phi) is 5.04. The van der Waals surface area contributed by atoms with Gasteiger partial charge in [0.15, 0.2) is 0 Å². The van der Waals surface area contributed by atoms with Gasteiger partial charge in [0, 0.05) is 52.9 Å². The monoisotopic (exact) mass is 399 g/mol. The van der Waals surface area contributed by atoms with Gasteiger partial charge in [-0.1, -0.05) is 12.2 Å². The number of aromatic nitrogens is 3. The minimum absolute atomic E-state index is 0.0913. The Balaban J connectivity index is 1.67. The van der Waals surface area contributed by atoms with Crippen LogP contribution in [0.5, 0.6) is 5.88 Å². The smallest absolute Gasteiger partial charge is 0.213 e. The number of aromatic amines is 1. The number of rotatable bonds is 5. The van der Waals surface area contributed by atoms with Gasteiger partial charge < -0.3 is 14.6 Å². The van der Waals surface area contributed by atoms with Crippen molar-refractivity contribution in [2.45, 2.75) is 39.3 Å². The van der Waals surface area contributed by atoms with Crippen LogP contribution in [0.1, 0.15) is 33.3 Å². The van der Waals surface area contributed by atoms with E-state index in [-0.39, 0.29) is 6.10 Å². The van der Waals surface area contributed by atoms with Gasteiger partial charge in [-0.15, -0.1) is 0 Å². The molecule has 0 amide bonds. The third-order valence-electron chi connectivity index (χ3n) is 5.09. The van der Waals surface area contributed by atoms with Crippen LogP contribution in [0.4, 0.5) is 0 Å². The molecule has 1 aliphatic heterocycles. The molecule has 0 saturated heterocycles. The summed E-state index contributed by atoms with van der Waals surface area (Å²) in [6.45, 7) is 8.51. The highest BCUT2D eigenvalue weighted by atomic mass is 16.5. The first-order chi connectivity index (χ1) is 14.4. The zero-order valence-electron chi connectivity index (χ0n) is 17.7. The SMILES string of the molecule is CC(C)Oc1ccc(-c2cc3cc(C4=CC=CCN4C(C)(C)C#N)cnc3[nH]2)cn1. The molecule has 0 atom stereocenters. The van der Waals surface area contributed by atoms with Crippen molar-refractivity contribution in [1.29, 1.82) is 5.26 Å². The molecule has 152 valence electrons. The van der Waals surface area contributed by atoms with E-state index in [1.807, 2.05) is 58.2 Å². The highest BCUT2D eigenvalue weighted by molar-refractivity contribution is 5.86. The van der Waals surface area contributed by atoms with E-state index in [9.17, 15) is 5.26 Å². The lowest BCUT2D eigenvalue weighted by atomic mass is 9.99. The third kappa shape index (κ3) is 3.79. The molecule has 6 nitrogen and oxygen atoms in total. The van der Waals surface area contributed by atoms with E-state index in [1.165, 1.54) is 0 Å². The molecule has 1 N–H and O–H groups in total. The molecule has 0 saturated carbocycles. The normalized spacial score (nSPS) is 14.1. The molecular weight excluding hydrogens is 374 g/mol. The van der Waals surface area contributed by atoms with Crippen molar-refractivity contribution in [1.82, 2.24) is 19.9 Å². The van der Waals surface area contributed by atoms with Crippen LogP contribution >= 0.6 is 0 Å². The lowest BCUT2D eigenvalue weighted by Crippen LogP contribution is -2.42. The van der Waals surface area contributed by atoms with Gasteiger partial charge in [-0.05, 0) is 52.0 Å². The van der Waals surface area contributed by atoms with Crippen molar-refractivity contribution in [3.05, 3.63) is 60.5 Å². The van der Waals surface area contributed by atoms with Crippen LogP contribution in [0.15, 0.2) is 54.9 Å². The molecular formula is C24H25N5O. The molecule has 3 aromatic rings. The fourth-order valence-electron chi connectivity index (χ4n) is 3.52. The zero-order valence-corrected chi connectivity index (χ0v) is 17.7. The van der Waals surface area contributed by atoms with Crippen molar-refractivity contribution < 1.29 is 4.74 Å². The summed E-state index contributed by atoms with van der Waals surface area (Å²) in [7, 11) is 0. The number of H-pyrrole nitrogens is 1. The van der Waals surface area contributed by atoms with E-state index in [1.54, 1.807) is 6.20 Å². The number of hydrogen-bond acceptors (Lipinski definition) is 5. The number of nitriles is 1. The Hall–Kier alpha value is -3.59. The second kappa shape index (κ2) is 7.68. The lowest BCUT2D eigenvalue weighted by molar-refractivity contribution is 0.232. The fraction of sp³-hybridized carbons (Fsp3) is 0.292. The Labute approximate surface area is 176 Å². The number of nitrogens with zero attached hydrogens (tertiary/aromatic N) is 4. The zero-order chi connectivity index (χ0) is 21.3. The molecule has 4 rings (SSSR count). The molecule has 0 bridgehead atoms. The quantitative estimate of drug-likeness (QED) is 0.658. The van der Waals surface area contributed by atoms with E-state index in [2.05, 4.69) is 44.1 Å². The third-order valence-corrected chi connectivity index (χ3v) is 5.09. The van der Waals surface area contributed by atoms with Crippen molar-refractivity contribution in [2.75, 3.05) is 6.54 Å². The van der Waals surface area contributed by atoms with Crippen LogP contribution in [-0.4, -0.2) is 38.0 Å². The van der Waals surface area contributed by atoms with E-state index in [4.69, 9.17) is 4.74 Å². The predicted octanol–water partition coefficient (Wildman–Crippen LogP) is 4.93. The van der Waals surface area contributed by atoms with Gasteiger partial charge in [0.1, 0.15) is 11.2 Å².